The third kappa shape index (κ3) is 9.12. The quantitative estimate of drug-likeness (QED) is 0.595. The number of aromatic nitrogens is 1. The predicted molar refractivity (Wildman–Crippen MR) is 85.2 cm³/mol. The van der Waals surface area contributed by atoms with Crippen LogP contribution < -0.4 is 10.1 Å². The SMILES string of the molecule is C.C.CC(C)CC(O)C(=O)[O-].Cc1[nH+]cc(CO)c(CO)c1O. The lowest BCUT2D eigenvalue weighted by Gasteiger charge is -2.12. The van der Waals surface area contributed by atoms with Crippen LogP contribution in [0.2, 0.25) is 0 Å². The molecule has 0 spiro atoms. The standard InChI is InChI=1S/C8H11NO3.C6H12O3.2CH4/c1-5-8(12)7(4-11)6(3-10)2-9-5;1-4(2)3-5(7)6(8)9;;/h2,10-12H,3-4H2,1H3;4-5,7H,3H2,1-2H3,(H,8,9);2*1H4. The van der Waals surface area contributed by atoms with Crippen LogP contribution in [0.5, 0.6) is 5.75 Å². The van der Waals surface area contributed by atoms with Crippen molar-refractivity contribution in [2.24, 2.45) is 5.92 Å². The molecule has 1 atom stereocenters. The fraction of sp³-hybridized carbons (Fsp3) is 0.625. The maximum atomic E-state index is 9.87. The predicted octanol–water partition coefficient (Wildman–Crippen LogP) is -0.0852. The molecule has 0 aliphatic heterocycles. The topological polar surface area (TPSA) is 135 Å². The van der Waals surface area contributed by atoms with Gasteiger partial charge in [0.05, 0.1) is 30.9 Å². The monoisotopic (exact) mass is 333 g/mol. The number of rotatable bonds is 5. The van der Waals surface area contributed by atoms with E-state index in [0.29, 0.717) is 16.8 Å². The minimum absolute atomic E-state index is 0. The lowest BCUT2D eigenvalue weighted by atomic mass is 10.1. The van der Waals surface area contributed by atoms with Gasteiger partial charge in [-0.15, -0.1) is 0 Å². The first kappa shape index (κ1) is 26.2. The first-order valence-corrected chi connectivity index (χ1v) is 6.57. The number of hydrogen-bond acceptors (Lipinski definition) is 6. The van der Waals surface area contributed by atoms with Crippen molar-refractivity contribution in [3.05, 3.63) is 23.0 Å². The van der Waals surface area contributed by atoms with Crippen molar-refractivity contribution in [1.29, 1.82) is 0 Å². The number of carbonyl (C=O) groups excluding carboxylic acids is 1. The van der Waals surface area contributed by atoms with E-state index >= 15 is 0 Å². The summed E-state index contributed by atoms with van der Waals surface area (Å²) in [5.41, 5.74) is 1.48. The average molecular weight is 333 g/mol. The number of aliphatic carboxylic acids is 1. The van der Waals surface area contributed by atoms with Gasteiger partial charge in [0.2, 0.25) is 5.69 Å². The van der Waals surface area contributed by atoms with Gasteiger partial charge in [-0.2, -0.15) is 0 Å². The molecule has 0 aliphatic carbocycles. The smallest absolute Gasteiger partial charge is 0.219 e. The Morgan fingerprint density at radius 2 is 1.78 bits per heavy atom. The van der Waals surface area contributed by atoms with Crippen LogP contribution in [0, 0.1) is 12.8 Å². The minimum Gasteiger partial charge on any atom is -0.547 e. The van der Waals surface area contributed by atoms with E-state index in [2.05, 4.69) is 4.98 Å². The lowest BCUT2D eigenvalue weighted by molar-refractivity contribution is -0.389. The van der Waals surface area contributed by atoms with Crippen LogP contribution in [0.25, 0.3) is 0 Å². The second-order valence-electron chi connectivity index (χ2n) is 5.05. The molecule has 0 saturated carbocycles. The first-order chi connectivity index (χ1) is 9.74. The molecule has 1 aromatic heterocycles. The van der Waals surface area contributed by atoms with E-state index < -0.39 is 12.1 Å². The van der Waals surface area contributed by atoms with Crippen molar-refractivity contribution in [2.45, 2.75) is 61.4 Å². The van der Waals surface area contributed by atoms with Gasteiger partial charge in [-0.25, -0.2) is 4.98 Å². The van der Waals surface area contributed by atoms with Gasteiger partial charge in [0.25, 0.3) is 0 Å². The number of carbonyl (C=O) groups is 1. The highest BCUT2D eigenvalue weighted by Gasteiger charge is 2.13. The lowest BCUT2D eigenvalue weighted by Crippen LogP contribution is -2.36. The van der Waals surface area contributed by atoms with E-state index in [1.54, 1.807) is 13.1 Å². The molecule has 5 N–H and O–H groups in total. The molecule has 1 aromatic rings. The van der Waals surface area contributed by atoms with Crippen molar-refractivity contribution in [3.8, 4) is 5.75 Å². The number of pyridine rings is 1. The van der Waals surface area contributed by atoms with Crippen LogP contribution >= 0.6 is 0 Å². The largest absolute Gasteiger partial charge is 0.547 e. The summed E-state index contributed by atoms with van der Waals surface area (Å²) in [6, 6.07) is 0. The second kappa shape index (κ2) is 12.8. The molecule has 1 heterocycles. The van der Waals surface area contributed by atoms with E-state index in [1.165, 1.54) is 0 Å². The summed E-state index contributed by atoms with van der Waals surface area (Å²) in [5.74, 6) is -1.18. The number of aliphatic hydroxyl groups is 3. The highest BCUT2D eigenvalue weighted by Crippen LogP contribution is 2.21. The number of nitrogens with one attached hydrogen (secondary N) is 1. The number of aromatic hydroxyl groups is 1. The Morgan fingerprint density at radius 3 is 2.09 bits per heavy atom. The second-order valence-corrected chi connectivity index (χ2v) is 5.05. The van der Waals surface area contributed by atoms with Gasteiger partial charge in [-0.1, -0.05) is 28.7 Å². The fourth-order valence-corrected chi connectivity index (χ4v) is 1.59. The molecule has 0 aliphatic rings. The Bertz CT molecular complexity index is 462. The molecule has 0 saturated heterocycles. The number of aliphatic hydroxyl groups excluding tert-OH is 3. The van der Waals surface area contributed by atoms with Crippen LogP contribution in [-0.4, -0.2) is 32.5 Å². The normalized spacial score (nSPS) is 10.7. The average Bonchev–Trinajstić information content (AvgIpc) is 2.41. The van der Waals surface area contributed by atoms with E-state index in [-0.39, 0.29) is 46.2 Å². The Morgan fingerprint density at radius 1 is 1.26 bits per heavy atom. The summed E-state index contributed by atoms with van der Waals surface area (Å²) in [5, 5.41) is 45.6. The van der Waals surface area contributed by atoms with Crippen molar-refractivity contribution in [1.82, 2.24) is 0 Å². The van der Waals surface area contributed by atoms with E-state index in [4.69, 9.17) is 15.3 Å². The number of aryl methyl sites for hydroxylation is 1. The van der Waals surface area contributed by atoms with E-state index in [9.17, 15) is 15.0 Å². The van der Waals surface area contributed by atoms with Gasteiger partial charge in [0.15, 0.2) is 11.9 Å². The van der Waals surface area contributed by atoms with E-state index in [1.807, 2.05) is 13.8 Å². The van der Waals surface area contributed by atoms with Gasteiger partial charge in [-0.3, -0.25) is 0 Å². The van der Waals surface area contributed by atoms with Crippen molar-refractivity contribution < 1.29 is 35.3 Å². The van der Waals surface area contributed by atoms with Gasteiger partial charge in [-0.05, 0) is 12.3 Å². The van der Waals surface area contributed by atoms with Gasteiger partial charge >= 0.3 is 0 Å². The Labute approximate surface area is 138 Å². The van der Waals surface area contributed by atoms with Crippen molar-refractivity contribution in [3.63, 3.8) is 0 Å². The van der Waals surface area contributed by atoms with Gasteiger partial charge in [0.1, 0.15) is 0 Å². The van der Waals surface area contributed by atoms with Gasteiger partial charge in [0, 0.05) is 12.5 Å². The van der Waals surface area contributed by atoms with Crippen LogP contribution in [0.1, 0.15) is 51.9 Å². The Kier molecular flexibility index (Phi) is 14.6. The number of carboxylic acid groups (broad SMARTS) is 1. The van der Waals surface area contributed by atoms with E-state index in [0.717, 1.165) is 0 Å². The Balaban J connectivity index is -0.000000332. The summed E-state index contributed by atoms with van der Waals surface area (Å²) in [6.45, 7) is 4.91. The van der Waals surface area contributed by atoms with Crippen LogP contribution in [0.15, 0.2) is 6.20 Å². The molecule has 0 aromatic carbocycles. The third-order valence-electron chi connectivity index (χ3n) is 2.79. The molecule has 0 radical (unpaired) electrons. The molecule has 23 heavy (non-hydrogen) atoms. The van der Waals surface area contributed by atoms with Crippen LogP contribution in [0.3, 0.4) is 0 Å². The maximum Gasteiger partial charge on any atom is 0.219 e. The fourth-order valence-electron chi connectivity index (χ4n) is 1.59. The van der Waals surface area contributed by atoms with Crippen LogP contribution in [0.4, 0.5) is 0 Å². The highest BCUT2D eigenvalue weighted by molar-refractivity contribution is 5.69. The molecule has 7 nitrogen and oxygen atoms in total. The minimum atomic E-state index is -1.39. The summed E-state index contributed by atoms with van der Waals surface area (Å²) < 4.78 is 0. The number of hydrogen-bond donors (Lipinski definition) is 4. The number of aromatic amines is 1. The summed E-state index contributed by atoms with van der Waals surface area (Å²) >= 11 is 0. The molecule has 136 valence electrons. The number of carboxylic acids is 1. The zero-order chi connectivity index (χ0) is 16.6. The molecule has 1 unspecified atom stereocenters. The maximum absolute atomic E-state index is 9.87. The highest BCUT2D eigenvalue weighted by atomic mass is 16.4. The first-order valence-electron chi connectivity index (χ1n) is 6.57. The van der Waals surface area contributed by atoms with Crippen LogP contribution in [-0.2, 0) is 18.0 Å². The molecular formula is C16H31NO6. The van der Waals surface area contributed by atoms with Crippen molar-refractivity contribution >= 4 is 5.97 Å². The van der Waals surface area contributed by atoms with Gasteiger partial charge < -0.3 is 30.3 Å². The molecule has 1 rings (SSSR count). The summed E-state index contributed by atoms with van der Waals surface area (Å²) in [7, 11) is 0. The Hall–Kier alpha value is -1.70. The summed E-state index contributed by atoms with van der Waals surface area (Å²) in [4.78, 5) is 12.6. The zero-order valence-corrected chi connectivity index (χ0v) is 12.5. The molecule has 0 bridgehead atoms. The summed E-state index contributed by atoms with van der Waals surface area (Å²) in [6.07, 6.45) is 0.535. The van der Waals surface area contributed by atoms with Crippen molar-refractivity contribution in [2.75, 3.05) is 0 Å². The third-order valence-corrected chi connectivity index (χ3v) is 2.79. The molecule has 0 amide bonds. The molecule has 7 heteroatoms. The molecule has 0 fully saturated rings. The molecular weight excluding hydrogens is 302 g/mol. The zero-order valence-electron chi connectivity index (χ0n) is 12.5. The number of H-pyrrole nitrogens is 1.